The van der Waals surface area contributed by atoms with Crippen LogP contribution in [-0.4, -0.2) is 29.1 Å². The van der Waals surface area contributed by atoms with E-state index in [9.17, 15) is 4.79 Å². The average molecular weight is 247 g/mol. The Morgan fingerprint density at radius 2 is 1.78 bits per heavy atom. The van der Waals surface area contributed by atoms with Crippen molar-refractivity contribution in [3.63, 3.8) is 0 Å². The van der Waals surface area contributed by atoms with Gasteiger partial charge in [-0.1, -0.05) is 0 Å². The maximum absolute atomic E-state index is 11.6. The number of hydrogen-bond donors (Lipinski definition) is 0. The molecule has 0 N–H and O–H groups in total. The highest BCUT2D eigenvalue weighted by Crippen LogP contribution is 2.36. The Bertz CT molecular complexity index is 469. The second-order valence-corrected chi connectivity index (χ2v) is 5.58. The van der Waals surface area contributed by atoms with Crippen molar-refractivity contribution in [1.29, 1.82) is 0 Å². The second kappa shape index (κ2) is 4.18. The number of carbonyl (C=O) groups is 1. The minimum absolute atomic E-state index is 0.0344. The molecule has 0 atom stereocenters. The fraction of sp³-hybridized carbons (Fsp3) is 0.538. The Morgan fingerprint density at radius 3 is 2.28 bits per heavy atom. The number of carbonyl (C=O) groups excluding carboxylic acids is 1. The fourth-order valence-corrected chi connectivity index (χ4v) is 1.86. The minimum Gasteiger partial charge on any atom is -0.398 e. The first-order valence-electron chi connectivity index (χ1n) is 6.06. The third-order valence-corrected chi connectivity index (χ3v) is 3.69. The minimum atomic E-state index is -0.588. The van der Waals surface area contributed by atoms with E-state index in [1.165, 1.54) is 6.92 Å². The summed E-state index contributed by atoms with van der Waals surface area (Å²) in [5.74, 6) is -0.0344. The van der Waals surface area contributed by atoms with Crippen LogP contribution in [0.4, 0.5) is 0 Å². The molecule has 1 aliphatic heterocycles. The van der Waals surface area contributed by atoms with Gasteiger partial charge in [0.1, 0.15) is 0 Å². The van der Waals surface area contributed by atoms with Gasteiger partial charge in [0, 0.05) is 11.8 Å². The molecule has 96 valence electrons. The van der Waals surface area contributed by atoms with Crippen molar-refractivity contribution >= 4 is 18.5 Å². The lowest BCUT2D eigenvalue weighted by Crippen LogP contribution is -2.41. The molecule has 0 radical (unpaired) electrons. The van der Waals surface area contributed by atoms with E-state index in [2.05, 4.69) is 4.98 Å². The molecule has 0 bridgehead atoms. The summed E-state index contributed by atoms with van der Waals surface area (Å²) in [4.78, 5) is 15.8. The molecule has 1 aromatic rings. The first-order valence-corrected chi connectivity index (χ1v) is 6.06. The van der Waals surface area contributed by atoms with Gasteiger partial charge in [0.2, 0.25) is 0 Å². The molecule has 0 aliphatic carbocycles. The highest BCUT2D eigenvalue weighted by molar-refractivity contribution is 6.62. The Hall–Kier alpha value is -1.20. The standard InChI is InChI=1S/C13H18BNO3/c1-9(16)10-7-6-8-15-11(10)14-17-12(2,3)13(4,5)18-14/h6-8H,1-5H3. The third kappa shape index (κ3) is 2.08. The van der Waals surface area contributed by atoms with Crippen LogP contribution in [0.1, 0.15) is 45.0 Å². The Kier molecular flexibility index (Phi) is 3.07. The molecule has 18 heavy (non-hydrogen) atoms. The van der Waals surface area contributed by atoms with E-state index in [0.29, 0.717) is 11.2 Å². The first-order chi connectivity index (χ1) is 8.24. The second-order valence-electron chi connectivity index (χ2n) is 5.58. The molecule has 0 aromatic carbocycles. The lowest BCUT2D eigenvalue weighted by Gasteiger charge is -2.32. The lowest BCUT2D eigenvalue weighted by atomic mass is 9.80. The van der Waals surface area contributed by atoms with E-state index in [1.807, 2.05) is 27.7 Å². The number of ketones is 1. The van der Waals surface area contributed by atoms with Crippen molar-refractivity contribution in [2.45, 2.75) is 45.8 Å². The van der Waals surface area contributed by atoms with E-state index in [0.717, 1.165) is 0 Å². The predicted molar refractivity (Wildman–Crippen MR) is 70.0 cm³/mol. The molecular weight excluding hydrogens is 229 g/mol. The van der Waals surface area contributed by atoms with Crippen molar-refractivity contribution in [2.75, 3.05) is 0 Å². The van der Waals surface area contributed by atoms with Crippen molar-refractivity contribution in [2.24, 2.45) is 0 Å². The zero-order chi connectivity index (χ0) is 13.6. The summed E-state index contributed by atoms with van der Waals surface area (Å²) >= 11 is 0. The van der Waals surface area contributed by atoms with Crippen LogP contribution in [0.5, 0.6) is 0 Å². The van der Waals surface area contributed by atoms with Crippen LogP contribution in [0.15, 0.2) is 18.3 Å². The SMILES string of the molecule is CC(=O)c1cccnc1B1OC(C)(C)C(C)(C)O1. The van der Waals surface area contributed by atoms with Crippen molar-refractivity contribution in [3.8, 4) is 0 Å². The molecule has 0 amide bonds. The fourth-order valence-electron chi connectivity index (χ4n) is 1.86. The Labute approximate surface area is 108 Å². The zero-order valence-corrected chi connectivity index (χ0v) is 11.5. The van der Waals surface area contributed by atoms with E-state index in [-0.39, 0.29) is 5.78 Å². The van der Waals surface area contributed by atoms with Gasteiger partial charge >= 0.3 is 7.12 Å². The van der Waals surface area contributed by atoms with Gasteiger partial charge in [-0.05, 0) is 46.8 Å². The van der Waals surface area contributed by atoms with Gasteiger partial charge in [0.05, 0.1) is 16.8 Å². The van der Waals surface area contributed by atoms with Crippen LogP contribution in [-0.2, 0) is 9.31 Å². The van der Waals surface area contributed by atoms with Crippen LogP contribution in [0.2, 0.25) is 0 Å². The molecule has 0 saturated carbocycles. The van der Waals surface area contributed by atoms with Gasteiger partial charge in [0.25, 0.3) is 0 Å². The highest BCUT2D eigenvalue weighted by atomic mass is 16.7. The van der Waals surface area contributed by atoms with Crippen molar-refractivity contribution in [1.82, 2.24) is 4.98 Å². The largest absolute Gasteiger partial charge is 0.515 e. The average Bonchev–Trinajstić information content (AvgIpc) is 2.48. The van der Waals surface area contributed by atoms with Gasteiger partial charge in [-0.2, -0.15) is 0 Å². The maximum atomic E-state index is 11.6. The number of nitrogens with zero attached hydrogens (tertiary/aromatic N) is 1. The van der Waals surface area contributed by atoms with Gasteiger partial charge in [-0.25, -0.2) is 0 Å². The normalized spacial score (nSPS) is 21.1. The third-order valence-electron chi connectivity index (χ3n) is 3.69. The number of aromatic nitrogens is 1. The van der Waals surface area contributed by atoms with E-state index >= 15 is 0 Å². The molecule has 1 fully saturated rings. The molecule has 1 aliphatic rings. The lowest BCUT2D eigenvalue weighted by molar-refractivity contribution is 0.00578. The van der Waals surface area contributed by atoms with Crippen LogP contribution in [0, 0.1) is 0 Å². The summed E-state index contributed by atoms with van der Waals surface area (Å²) in [6.07, 6.45) is 1.65. The molecule has 4 nitrogen and oxygen atoms in total. The Balaban J connectivity index is 2.38. The summed E-state index contributed by atoms with van der Waals surface area (Å²) in [5.41, 5.74) is 0.256. The molecule has 5 heteroatoms. The molecule has 1 aromatic heterocycles. The number of hydrogen-bond acceptors (Lipinski definition) is 4. The summed E-state index contributed by atoms with van der Waals surface area (Å²) in [6, 6.07) is 3.49. The molecule has 2 rings (SSSR count). The van der Waals surface area contributed by atoms with Crippen LogP contribution >= 0.6 is 0 Å². The summed E-state index contributed by atoms with van der Waals surface area (Å²) < 4.78 is 11.8. The van der Waals surface area contributed by atoms with Crippen LogP contribution in [0.25, 0.3) is 0 Å². The summed E-state index contributed by atoms with van der Waals surface area (Å²) in [7, 11) is -0.588. The number of Topliss-reactive ketones (excluding diaryl/α,β-unsaturated/α-hetero) is 1. The molecular formula is C13H18BNO3. The summed E-state index contributed by atoms with van der Waals surface area (Å²) in [5, 5.41) is 0. The molecule has 0 unspecified atom stereocenters. The Morgan fingerprint density at radius 1 is 1.22 bits per heavy atom. The van der Waals surface area contributed by atoms with E-state index in [1.54, 1.807) is 18.3 Å². The summed E-state index contributed by atoms with van der Waals surface area (Å²) in [6.45, 7) is 9.42. The van der Waals surface area contributed by atoms with E-state index < -0.39 is 18.3 Å². The van der Waals surface area contributed by atoms with Crippen molar-refractivity contribution < 1.29 is 14.1 Å². The quantitative estimate of drug-likeness (QED) is 0.588. The van der Waals surface area contributed by atoms with Gasteiger partial charge < -0.3 is 9.31 Å². The topological polar surface area (TPSA) is 48.4 Å². The molecule has 1 saturated heterocycles. The highest BCUT2D eigenvalue weighted by Gasteiger charge is 2.53. The molecule has 2 heterocycles. The molecule has 0 spiro atoms. The van der Waals surface area contributed by atoms with Gasteiger partial charge in [-0.15, -0.1) is 0 Å². The smallest absolute Gasteiger partial charge is 0.398 e. The number of rotatable bonds is 2. The van der Waals surface area contributed by atoms with Gasteiger partial charge in [-0.3, -0.25) is 9.78 Å². The van der Waals surface area contributed by atoms with Crippen molar-refractivity contribution in [3.05, 3.63) is 23.9 Å². The van der Waals surface area contributed by atoms with Crippen LogP contribution < -0.4 is 5.59 Å². The van der Waals surface area contributed by atoms with E-state index in [4.69, 9.17) is 9.31 Å². The maximum Gasteiger partial charge on any atom is 0.515 e. The number of pyridine rings is 1. The van der Waals surface area contributed by atoms with Gasteiger partial charge in [0.15, 0.2) is 5.78 Å². The first kappa shape index (κ1) is 13.2. The zero-order valence-electron chi connectivity index (χ0n) is 11.5. The van der Waals surface area contributed by atoms with Crippen LogP contribution in [0.3, 0.4) is 0 Å². The predicted octanol–water partition coefficient (Wildman–Crippen LogP) is 1.58. The monoisotopic (exact) mass is 247 g/mol.